The Morgan fingerprint density at radius 2 is 1.38 bits per heavy atom. The van der Waals surface area contributed by atoms with Crippen LogP contribution in [-0.2, 0) is 4.79 Å². The smallest absolute Gasteiger partial charge is 0.314 e. The first kappa shape index (κ1) is 19.0. The van der Waals surface area contributed by atoms with Gasteiger partial charge in [-0.05, 0) is 74.0 Å². The summed E-state index contributed by atoms with van der Waals surface area (Å²) in [6.45, 7) is 4.62. The zero-order chi connectivity index (χ0) is 16.2. The third kappa shape index (κ3) is 4.84. The molecule has 0 radical (unpaired) electrons. The lowest BCUT2D eigenvalue weighted by atomic mass is 9.79. The largest absolute Gasteiger partial charge is 0.426 e. The summed E-state index contributed by atoms with van der Waals surface area (Å²) < 4.78 is 5.61. The summed E-state index contributed by atoms with van der Waals surface area (Å²) in [7, 11) is 0. The molecule has 2 nitrogen and oxygen atoms in total. The normalized spacial score (nSPS) is 30.2. The molecule has 0 heterocycles. The standard InChI is InChI=1S/C21H30O2.CH4.2H2/c1-15-3-7-17(8-4-15)18-11-13-20(14-12-18)23-21(22)19-9-5-16(2)6-10-19;;;/h11-17,19H,3-10H2,1-2H3;1H4;2*1H. The van der Waals surface area contributed by atoms with E-state index >= 15 is 0 Å². The van der Waals surface area contributed by atoms with E-state index in [2.05, 4.69) is 26.0 Å². The molecule has 0 aromatic heterocycles. The van der Waals surface area contributed by atoms with Gasteiger partial charge in [0, 0.05) is 2.85 Å². The fourth-order valence-corrected chi connectivity index (χ4v) is 4.10. The molecule has 0 unspecified atom stereocenters. The van der Waals surface area contributed by atoms with Crippen LogP contribution >= 0.6 is 0 Å². The molecule has 0 atom stereocenters. The van der Waals surface area contributed by atoms with Crippen LogP contribution in [-0.4, -0.2) is 5.97 Å². The predicted octanol–water partition coefficient (Wildman–Crippen LogP) is 6.84. The van der Waals surface area contributed by atoms with Gasteiger partial charge in [0.15, 0.2) is 0 Å². The molecule has 0 N–H and O–H groups in total. The molecule has 0 bridgehead atoms. The van der Waals surface area contributed by atoms with Crippen LogP contribution in [0.25, 0.3) is 0 Å². The lowest BCUT2D eigenvalue weighted by Gasteiger charge is -2.26. The molecule has 0 saturated heterocycles. The van der Waals surface area contributed by atoms with Crippen LogP contribution in [0.15, 0.2) is 24.3 Å². The van der Waals surface area contributed by atoms with Gasteiger partial charge in [-0.25, -0.2) is 0 Å². The fourth-order valence-electron chi connectivity index (χ4n) is 4.10. The van der Waals surface area contributed by atoms with Crippen molar-refractivity contribution in [3.05, 3.63) is 29.8 Å². The number of carbonyl (C=O) groups is 1. The number of benzene rings is 1. The highest BCUT2D eigenvalue weighted by Crippen LogP contribution is 2.36. The summed E-state index contributed by atoms with van der Waals surface area (Å²) in [6, 6.07) is 8.28. The van der Waals surface area contributed by atoms with E-state index in [1.807, 2.05) is 12.1 Å². The Balaban J connectivity index is 0.00000208. The van der Waals surface area contributed by atoms with E-state index in [-0.39, 0.29) is 22.2 Å². The summed E-state index contributed by atoms with van der Waals surface area (Å²) in [5.41, 5.74) is 1.41. The van der Waals surface area contributed by atoms with Crippen LogP contribution in [0.2, 0.25) is 0 Å². The van der Waals surface area contributed by atoms with Crippen molar-refractivity contribution in [2.45, 2.75) is 78.6 Å². The Morgan fingerprint density at radius 1 is 0.875 bits per heavy atom. The number of esters is 1. The maximum atomic E-state index is 12.3. The third-order valence-corrected chi connectivity index (χ3v) is 5.93. The van der Waals surface area contributed by atoms with Gasteiger partial charge in [-0.3, -0.25) is 4.79 Å². The SMILES string of the molecule is C.CC1CCC(C(=O)Oc2ccc(C3CCC(C)CC3)cc2)CC1.[HH].[HH]. The molecule has 0 amide bonds. The second-order valence-corrected chi connectivity index (χ2v) is 7.90. The minimum Gasteiger partial charge on any atom is -0.426 e. The maximum absolute atomic E-state index is 12.3. The fraction of sp³-hybridized carbons (Fsp3) is 0.682. The highest BCUT2D eigenvalue weighted by atomic mass is 16.5. The van der Waals surface area contributed by atoms with Gasteiger partial charge in [-0.1, -0.05) is 46.2 Å². The van der Waals surface area contributed by atoms with Crippen molar-refractivity contribution < 1.29 is 12.4 Å². The van der Waals surface area contributed by atoms with E-state index in [1.165, 1.54) is 31.2 Å². The van der Waals surface area contributed by atoms with E-state index in [1.54, 1.807) is 0 Å². The Hall–Kier alpha value is -1.31. The van der Waals surface area contributed by atoms with Gasteiger partial charge in [0.25, 0.3) is 0 Å². The van der Waals surface area contributed by atoms with Crippen LogP contribution < -0.4 is 4.74 Å². The second kappa shape index (κ2) is 8.69. The van der Waals surface area contributed by atoms with Crippen molar-refractivity contribution in [1.29, 1.82) is 0 Å². The summed E-state index contributed by atoms with van der Waals surface area (Å²) in [4.78, 5) is 12.3. The first-order valence-corrected chi connectivity index (χ1v) is 9.43. The average molecular weight is 335 g/mol. The zero-order valence-electron chi connectivity index (χ0n) is 14.6. The van der Waals surface area contributed by atoms with Crippen molar-refractivity contribution >= 4 is 5.97 Å². The van der Waals surface area contributed by atoms with Crippen LogP contribution in [0.5, 0.6) is 5.75 Å². The van der Waals surface area contributed by atoms with E-state index in [0.717, 1.165) is 37.5 Å². The van der Waals surface area contributed by atoms with E-state index in [4.69, 9.17) is 4.74 Å². The van der Waals surface area contributed by atoms with E-state index in [0.29, 0.717) is 11.7 Å². The molecule has 1 aromatic rings. The van der Waals surface area contributed by atoms with Crippen LogP contribution in [0.4, 0.5) is 0 Å². The molecule has 1 aromatic carbocycles. The molecule has 138 valence electrons. The van der Waals surface area contributed by atoms with Gasteiger partial charge in [0.2, 0.25) is 0 Å². The Labute approximate surface area is 151 Å². The molecule has 2 aliphatic rings. The summed E-state index contributed by atoms with van der Waals surface area (Å²) in [5.74, 6) is 3.11. The topological polar surface area (TPSA) is 26.3 Å². The minimum atomic E-state index is -0.0314. The van der Waals surface area contributed by atoms with E-state index < -0.39 is 0 Å². The van der Waals surface area contributed by atoms with Gasteiger partial charge < -0.3 is 4.74 Å². The van der Waals surface area contributed by atoms with E-state index in [9.17, 15) is 4.79 Å². The maximum Gasteiger partial charge on any atom is 0.314 e. The zero-order valence-corrected chi connectivity index (χ0v) is 14.6. The predicted molar refractivity (Wildman–Crippen MR) is 105 cm³/mol. The minimum absolute atomic E-state index is 0. The number of hydrogen-bond donors (Lipinski definition) is 0. The molecule has 2 fully saturated rings. The molecule has 0 aliphatic heterocycles. The Morgan fingerprint density at radius 3 is 1.92 bits per heavy atom. The quantitative estimate of drug-likeness (QED) is 0.447. The number of rotatable bonds is 3. The van der Waals surface area contributed by atoms with Gasteiger partial charge in [-0.15, -0.1) is 0 Å². The van der Waals surface area contributed by atoms with Gasteiger partial charge in [0.1, 0.15) is 5.75 Å². The number of ether oxygens (including phenoxy) is 1. The van der Waals surface area contributed by atoms with Gasteiger partial charge in [-0.2, -0.15) is 0 Å². The molecule has 3 rings (SSSR count). The summed E-state index contributed by atoms with van der Waals surface area (Å²) in [6.07, 6.45) is 9.53. The average Bonchev–Trinajstić information content (AvgIpc) is 2.57. The first-order valence-electron chi connectivity index (χ1n) is 9.43. The lowest BCUT2D eigenvalue weighted by molar-refractivity contribution is -0.140. The number of hydrogen-bond acceptors (Lipinski definition) is 2. The molecular weight excluding hydrogens is 296 g/mol. The van der Waals surface area contributed by atoms with Gasteiger partial charge >= 0.3 is 5.97 Å². The van der Waals surface area contributed by atoms with Crippen molar-refractivity contribution in [2.24, 2.45) is 17.8 Å². The molecule has 2 aliphatic carbocycles. The second-order valence-electron chi connectivity index (χ2n) is 7.90. The van der Waals surface area contributed by atoms with Crippen molar-refractivity contribution in [3.63, 3.8) is 0 Å². The summed E-state index contributed by atoms with van der Waals surface area (Å²) in [5, 5.41) is 0. The number of carbonyl (C=O) groups excluding carboxylic acids is 1. The van der Waals surface area contributed by atoms with Crippen molar-refractivity contribution in [2.75, 3.05) is 0 Å². The molecule has 0 spiro atoms. The van der Waals surface area contributed by atoms with Gasteiger partial charge in [0.05, 0.1) is 5.92 Å². The molecule has 2 saturated carbocycles. The van der Waals surface area contributed by atoms with Crippen LogP contribution in [0, 0.1) is 17.8 Å². The highest BCUT2D eigenvalue weighted by Gasteiger charge is 2.26. The Kier molecular flexibility index (Phi) is 6.89. The molecule has 24 heavy (non-hydrogen) atoms. The summed E-state index contributed by atoms with van der Waals surface area (Å²) >= 11 is 0. The highest BCUT2D eigenvalue weighted by molar-refractivity contribution is 5.75. The Bertz CT molecular complexity index is 513. The van der Waals surface area contributed by atoms with Crippen molar-refractivity contribution in [3.8, 4) is 5.75 Å². The van der Waals surface area contributed by atoms with Crippen LogP contribution in [0.3, 0.4) is 0 Å². The lowest BCUT2D eigenvalue weighted by Crippen LogP contribution is -2.24. The van der Waals surface area contributed by atoms with Crippen LogP contribution in [0.1, 0.15) is 87.0 Å². The monoisotopic (exact) mass is 334 g/mol. The van der Waals surface area contributed by atoms with Crippen molar-refractivity contribution in [1.82, 2.24) is 0 Å². The molecule has 2 heteroatoms. The third-order valence-electron chi connectivity index (χ3n) is 5.93. The first-order chi connectivity index (χ1) is 11.1. The molecular formula is C22H38O2.